The van der Waals surface area contributed by atoms with Crippen LogP contribution >= 0.6 is 0 Å². The Morgan fingerprint density at radius 2 is 2.24 bits per heavy atom. The van der Waals surface area contributed by atoms with Gasteiger partial charge in [-0.1, -0.05) is 18.6 Å². The summed E-state index contributed by atoms with van der Waals surface area (Å²) in [5, 5.41) is 3.07. The zero-order valence-electron chi connectivity index (χ0n) is 12.4. The molecule has 4 atom stereocenters. The van der Waals surface area contributed by atoms with Crippen molar-refractivity contribution in [2.45, 2.75) is 38.6 Å². The largest absolute Gasteiger partial charge is 0.350 e. The normalized spacial score (nSPS) is 29.0. The molecular weight excluding hydrogens is 265 g/mol. The lowest BCUT2D eigenvalue weighted by atomic mass is 9.84. The zero-order valence-corrected chi connectivity index (χ0v) is 12.4. The lowest BCUT2D eigenvalue weighted by molar-refractivity contribution is -0.117. The maximum Gasteiger partial charge on any atom is 0.244 e. The average molecular weight is 287 g/mol. The Morgan fingerprint density at radius 1 is 1.38 bits per heavy atom. The number of hydrogen-bond acceptors (Lipinski definition) is 1. The van der Waals surface area contributed by atoms with Gasteiger partial charge in [-0.3, -0.25) is 4.79 Å². The Balaban J connectivity index is 1.54. The molecule has 1 N–H and O–H groups in total. The summed E-state index contributed by atoms with van der Waals surface area (Å²) in [6.07, 6.45) is 8.48. The van der Waals surface area contributed by atoms with Gasteiger partial charge in [-0.05, 0) is 67.7 Å². The zero-order chi connectivity index (χ0) is 14.8. The van der Waals surface area contributed by atoms with Crippen LogP contribution < -0.4 is 5.32 Å². The molecule has 1 aromatic rings. The van der Waals surface area contributed by atoms with E-state index in [1.807, 2.05) is 0 Å². The molecule has 0 radical (unpaired) electrons. The summed E-state index contributed by atoms with van der Waals surface area (Å²) in [5.74, 6) is 1.96. The molecule has 3 heteroatoms. The molecule has 1 aromatic carbocycles. The standard InChI is InChI=1S/C18H22FNO/c1-12(17-11-14-5-7-15(17)9-14)20-18(21)8-6-13-3-2-4-16(19)10-13/h2-4,6,8,10,12,14-15,17H,5,7,9,11H2,1H3,(H,20,21)/b8-6+. The summed E-state index contributed by atoms with van der Waals surface area (Å²) in [6, 6.07) is 6.47. The molecule has 0 spiro atoms. The summed E-state index contributed by atoms with van der Waals surface area (Å²) in [7, 11) is 0. The van der Waals surface area contributed by atoms with Gasteiger partial charge in [0, 0.05) is 12.1 Å². The number of benzene rings is 1. The fourth-order valence-corrected chi connectivity index (χ4v) is 4.07. The maximum atomic E-state index is 13.1. The van der Waals surface area contributed by atoms with Crippen molar-refractivity contribution in [2.24, 2.45) is 17.8 Å². The van der Waals surface area contributed by atoms with Gasteiger partial charge in [0.1, 0.15) is 5.82 Å². The van der Waals surface area contributed by atoms with E-state index in [-0.39, 0.29) is 17.8 Å². The van der Waals surface area contributed by atoms with Crippen molar-refractivity contribution in [3.63, 3.8) is 0 Å². The third-order valence-corrected chi connectivity index (χ3v) is 5.08. The van der Waals surface area contributed by atoms with Crippen LogP contribution in [0, 0.1) is 23.6 Å². The Labute approximate surface area is 125 Å². The molecule has 2 aliphatic rings. The number of carbonyl (C=O) groups excluding carboxylic acids is 1. The Bertz CT molecular complexity index is 554. The summed E-state index contributed by atoms with van der Waals surface area (Å²) < 4.78 is 13.1. The molecule has 21 heavy (non-hydrogen) atoms. The molecular formula is C18H22FNO. The second-order valence-electron chi connectivity index (χ2n) is 6.52. The first kappa shape index (κ1) is 14.3. The second-order valence-corrected chi connectivity index (χ2v) is 6.52. The lowest BCUT2D eigenvalue weighted by Crippen LogP contribution is -2.39. The molecule has 0 heterocycles. The number of rotatable bonds is 4. The van der Waals surface area contributed by atoms with Crippen LogP contribution in [0.5, 0.6) is 0 Å². The van der Waals surface area contributed by atoms with Crippen molar-refractivity contribution in [1.82, 2.24) is 5.32 Å². The van der Waals surface area contributed by atoms with Crippen LogP contribution in [0.15, 0.2) is 30.3 Å². The van der Waals surface area contributed by atoms with E-state index in [1.165, 1.54) is 43.9 Å². The van der Waals surface area contributed by atoms with Crippen molar-refractivity contribution in [3.05, 3.63) is 41.7 Å². The topological polar surface area (TPSA) is 29.1 Å². The molecule has 1 amide bonds. The third-order valence-electron chi connectivity index (χ3n) is 5.08. The quantitative estimate of drug-likeness (QED) is 0.839. The van der Waals surface area contributed by atoms with Gasteiger partial charge in [0.25, 0.3) is 0 Å². The van der Waals surface area contributed by atoms with Crippen LogP contribution in [-0.4, -0.2) is 11.9 Å². The Kier molecular flexibility index (Phi) is 4.09. The highest BCUT2D eigenvalue weighted by molar-refractivity contribution is 5.91. The van der Waals surface area contributed by atoms with E-state index in [9.17, 15) is 9.18 Å². The number of nitrogens with one attached hydrogen (secondary N) is 1. The monoisotopic (exact) mass is 287 g/mol. The SMILES string of the molecule is CC(NC(=O)/C=C/c1cccc(F)c1)C1CC2CCC1C2. The van der Waals surface area contributed by atoms with E-state index in [0.29, 0.717) is 11.5 Å². The van der Waals surface area contributed by atoms with Crippen molar-refractivity contribution in [3.8, 4) is 0 Å². The van der Waals surface area contributed by atoms with Gasteiger partial charge >= 0.3 is 0 Å². The lowest BCUT2D eigenvalue weighted by Gasteiger charge is -2.28. The molecule has 2 nitrogen and oxygen atoms in total. The maximum absolute atomic E-state index is 13.1. The number of carbonyl (C=O) groups is 1. The van der Waals surface area contributed by atoms with Gasteiger partial charge in [0.15, 0.2) is 0 Å². The minimum Gasteiger partial charge on any atom is -0.350 e. The molecule has 4 unspecified atom stereocenters. The summed E-state index contributed by atoms with van der Waals surface area (Å²) >= 11 is 0. The van der Waals surface area contributed by atoms with Crippen molar-refractivity contribution in [1.29, 1.82) is 0 Å². The van der Waals surface area contributed by atoms with Gasteiger partial charge in [-0.25, -0.2) is 4.39 Å². The van der Waals surface area contributed by atoms with E-state index in [2.05, 4.69) is 12.2 Å². The van der Waals surface area contributed by atoms with Gasteiger partial charge in [-0.15, -0.1) is 0 Å². The van der Waals surface area contributed by atoms with E-state index in [1.54, 1.807) is 18.2 Å². The Morgan fingerprint density at radius 3 is 2.90 bits per heavy atom. The van der Waals surface area contributed by atoms with Crippen LogP contribution in [0.3, 0.4) is 0 Å². The van der Waals surface area contributed by atoms with Crippen LogP contribution in [-0.2, 0) is 4.79 Å². The fourth-order valence-electron chi connectivity index (χ4n) is 4.07. The number of hydrogen-bond donors (Lipinski definition) is 1. The van der Waals surface area contributed by atoms with Gasteiger partial charge in [0.2, 0.25) is 5.91 Å². The van der Waals surface area contributed by atoms with Crippen molar-refractivity contribution >= 4 is 12.0 Å². The molecule has 0 aliphatic heterocycles. The first-order chi connectivity index (χ1) is 10.1. The molecule has 0 saturated heterocycles. The highest BCUT2D eigenvalue weighted by atomic mass is 19.1. The highest BCUT2D eigenvalue weighted by Crippen LogP contribution is 2.49. The highest BCUT2D eigenvalue weighted by Gasteiger charge is 2.41. The smallest absolute Gasteiger partial charge is 0.244 e. The molecule has 3 rings (SSSR count). The van der Waals surface area contributed by atoms with Gasteiger partial charge in [-0.2, -0.15) is 0 Å². The predicted molar refractivity (Wildman–Crippen MR) is 82.0 cm³/mol. The van der Waals surface area contributed by atoms with Gasteiger partial charge < -0.3 is 5.32 Å². The van der Waals surface area contributed by atoms with Crippen LogP contribution in [0.25, 0.3) is 6.08 Å². The Hall–Kier alpha value is -1.64. The minimum atomic E-state index is -0.284. The summed E-state index contributed by atoms with van der Waals surface area (Å²) in [4.78, 5) is 12.0. The molecule has 112 valence electrons. The van der Waals surface area contributed by atoms with E-state index in [0.717, 1.165) is 11.8 Å². The van der Waals surface area contributed by atoms with Crippen LogP contribution in [0.2, 0.25) is 0 Å². The van der Waals surface area contributed by atoms with Gasteiger partial charge in [0.05, 0.1) is 0 Å². The average Bonchev–Trinajstić information content (AvgIpc) is 3.08. The molecule has 2 fully saturated rings. The van der Waals surface area contributed by atoms with Crippen molar-refractivity contribution < 1.29 is 9.18 Å². The van der Waals surface area contributed by atoms with E-state index in [4.69, 9.17) is 0 Å². The molecule has 2 aliphatic carbocycles. The van der Waals surface area contributed by atoms with Crippen LogP contribution in [0.1, 0.15) is 38.2 Å². The molecule has 2 saturated carbocycles. The third kappa shape index (κ3) is 3.34. The fraction of sp³-hybridized carbons (Fsp3) is 0.500. The first-order valence-corrected chi connectivity index (χ1v) is 7.86. The van der Waals surface area contributed by atoms with E-state index < -0.39 is 0 Å². The number of fused-ring (bicyclic) bond motifs is 2. The summed E-state index contributed by atoms with van der Waals surface area (Å²) in [5.41, 5.74) is 0.706. The predicted octanol–water partition coefficient (Wildman–Crippen LogP) is 3.78. The van der Waals surface area contributed by atoms with Crippen LogP contribution in [0.4, 0.5) is 4.39 Å². The number of halogens is 1. The second kappa shape index (κ2) is 6.00. The van der Waals surface area contributed by atoms with Crippen molar-refractivity contribution in [2.75, 3.05) is 0 Å². The molecule has 2 bridgehead atoms. The van der Waals surface area contributed by atoms with E-state index >= 15 is 0 Å². The first-order valence-electron chi connectivity index (χ1n) is 7.86. The summed E-state index contributed by atoms with van der Waals surface area (Å²) in [6.45, 7) is 2.11. The molecule has 0 aromatic heterocycles. The number of amides is 1. The minimum absolute atomic E-state index is 0.0884.